The number of hydrogen-bond acceptors (Lipinski definition) is 2. The molecule has 2 rings (SSSR count). The molecule has 0 spiro atoms. The van der Waals surface area contributed by atoms with Crippen molar-refractivity contribution in [1.29, 1.82) is 0 Å². The number of rotatable bonds is 2. The fourth-order valence-corrected chi connectivity index (χ4v) is 2.72. The molecular weight excluding hydrogens is 229 g/mol. The molecule has 100 valence electrons. The first-order chi connectivity index (χ1) is 8.20. The number of nitrogens with one attached hydrogen (secondary N) is 1. The maximum absolute atomic E-state index is 13.2. The monoisotopic (exact) mass is 251 g/mol. The fourth-order valence-electron chi connectivity index (χ4n) is 2.72. The standard InChI is InChI=1S/C15H22FNO/c1-10-8-11(6-7-12(10)16)17-13-9-14(2,3)18-15(13,4)5/h6-8,13,17H,9H2,1-5H3. The molecular formula is C15H22FNO. The third-order valence-corrected chi connectivity index (χ3v) is 3.57. The summed E-state index contributed by atoms with van der Waals surface area (Å²) in [5.41, 5.74) is 1.28. The van der Waals surface area contributed by atoms with Crippen molar-refractivity contribution in [3.05, 3.63) is 29.6 Å². The lowest BCUT2D eigenvalue weighted by atomic mass is 9.94. The number of halogens is 1. The van der Waals surface area contributed by atoms with E-state index < -0.39 is 0 Å². The molecule has 1 aromatic rings. The molecule has 2 nitrogen and oxygen atoms in total. The molecule has 0 bridgehead atoms. The summed E-state index contributed by atoms with van der Waals surface area (Å²) in [6, 6.07) is 5.36. The molecule has 1 aliphatic heterocycles. The van der Waals surface area contributed by atoms with Gasteiger partial charge in [0.25, 0.3) is 0 Å². The maximum Gasteiger partial charge on any atom is 0.126 e. The zero-order valence-electron chi connectivity index (χ0n) is 11.8. The van der Waals surface area contributed by atoms with Gasteiger partial charge in [0.05, 0.1) is 17.2 Å². The normalized spacial score (nSPS) is 25.1. The Labute approximate surface area is 109 Å². The van der Waals surface area contributed by atoms with E-state index in [0.29, 0.717) is 5.56 Å². The van der Waals surface area contributed by atoms with Crippen molar-refractivity contribution in [3.63, 3.8) is 0 Å². The topological polar surface area (TPSA) is 21.3 Å². The smallest absolute Gasteiger partial charge is 0.126 e. The predicted molar refractivity (Wildman–Crippen MR) is 72.4 cm³/mol. The molecule has 1 atom stereocenters. The summed E-state index contributed by atoms with van der Waals surface area (Å²) >= 11 is 0. The van der Waals surface area contributed by atoms with E-state index in [1.807, 2.05) is 6.07 Å². The fraction of sp³-hybridized carbons (Fsp3) is 0.600. The number of hydrogen-bond donors (Lipinski definition) is 1. The van der Waals surface area contributed by atoms with Crippen LogP contribution in [0.5, 0.6) is 0 Å². The average Bonchev–Trinajstić information content (AvgIpc) is 2.40. The largest absolute Gasteiger partial charge is 0.379 e. The average molecular weight is 251 g/mol. The van der Waals surface area contributed by atoms with Gasteiger partial charge < -0.3 is 10.1 Å². The second-order valence-electron chi connectivity index (χ2n) is 6.33. The maximum atomic E-state index is 13.2. The highest BCUT2D eigenvalue weighted by Gasteiger charge is 2.45. The van der Waals surface area contributed by atoms with Crippen molar-refractivity contribution in [2.75, 3.05) is 5.32 Å². The van der Waals surface area contributed by atoms with Crippen LogP contribution in [0.1, 0.15) is 39.7 Å². The van der Waals surface area contributed by atoms with E-state index in [0.717, 1.165) is 12.1 Å². The van der Waals surface area contributed by atoms with E-state index in [-0.39, 0.29) is 23.1 Å². The number of aryl methyl sites for hydroxylation is 1. The second-order valence-corrected chi connectivity index (χ2v) is 6.33. The van der Waals surface area contributed by atoms with Gasteiger partial charge in [-0.3, -0.25) is 0 Å². The Balaban J connectivity index is 2.16. The van der Waals surface area contributed by atoms with Crippen LogP contribution in [-0.2, 0) is 4.74 Å². The zero-order chi connectivity index (χ0) is 13.6. The minimum absolute atomic E-state index is 0.115. The van der Waals surface area contributed by atoms with Crippen LogP contribution in [-0.4, -0.2) is 17.2 Å². The molecule has 0 radical (unpaired) electrons. The third-order valence-electron chi connectivity index (χ3n) is 3.57. The van der Waals surface area contributed by atoms with Gasteiger partial charge in [-0.1, -0.05) is 0 Å². The highest BCUT2D eigenvalue weighted by molar-refractivity contribution is 5.47. The van der Waals surface area contributed by atoms with Crippen LogP contribution in [0.25, 0.3) is 0 Å². The lowest BCUT2D eigenvalue weighted by Gasteiger charge is -2.28. The van der Waals surface area contributed by atoms with Gasteiger partial charge in [0.1, 0.15) is 5.82 Å². The van der Waals surface area contributed by atoms with Gasteiger partial charge in [0.2, 0.25) is 0 Å². The summed E-state index contributed by atoms with van der Waals surface area (Å²) < 4.78 is 19.3. The molecule has 0 aliphatic carbocycles. The molecule has 1 aromatic carbocycles. The van der Waals surface area contributed by atoms with Crippen molar-refractivity contribution in [2.24, 2.45) is 0 Å². The van der Waals surface area contributed by atoms with E-state index >= 15 is 0 Å². The molecule has 1 heterocycles. The van der Waals surface area contributed by atoms with Crippen molar-refractivity contribution in [3.8, 4) is 0 Å². The Morgan fingerprint density at radius 2 is 1.94 bits per heavy atom. The van der Waals surface area contributed by atoms with Gasteiger partial charge in [-0.25, -0.2) is 4.39 Å². The minimum Gasteiger partial charge on any atom is -0.379 e. The van der Waals surface area contributed by atoms with Crippen LogP contribution in [0, 0.1) is 12.7 Å². The summed E-state index contributed by atoms with van der Waals surface area (Å²) in [4.78, 5) is 0. The zero-order valence-corrected chi connectivity index (χ0v) is 11.8. The summed E-state index contributed by atoms with van der Waals surface area (Å²) in [5, 5.41) is 3.46. The van der Waals surface area contributed by atoms with Gasteiger partial charge in [0.15, 0.2) is 0 Å². The Kier molecular flexibility index (Phi) is 3.14. The van der Waals surface area contributed by atoms with Gasteiger partial charge in [-0.15, -0.1) is 0 Å². The first kappa shape index (κ1) is 13.3. The van der Waals surface area contributed by atoms with Crippen molar-refractivity contribution < 1.29 is 9.13 Å². The first-order valence-electron chi connectivity index (χ1n) is 6.42. The molecule has 3 heteroatoms. The Morgan fingerprint density at radius 3 is 2.44 bits per heavy atom. The molecule has 0 saturated carbocycles. The quantitative estimate of drug-likeness (QED) is 0.861. The van der Waals surface area contributed by atoms with Crippen LogP contribution in [0.15, 0.2) is 18.2 Å². The SMILES string of the molecule is Cc1cc(NC2CC(C)(C)OC2(C)C)ccc1F. The summed E-state index contributed by atoms with van der Waals surface area (Å²) in [7, 11) is 0. The van der Waals surface area contributed by atoms with Gasteiger partial charge in [-0.05, 0) is 64.8 Å². The summed E-state index contributed by atoms with van der Waals surface area (Å²) in [6.07, 6.45) is 0.941. The molecule has 1 unspecified atom stereocenters. The van der Waals surface area contributed by atoms with E-state index in [1.54, 1.807) is 13.0 Å². The number of anilines is 1. The predicted octanol–water partition coefficient (Wildman–Crippen LogP) is 3.89. The summed E-state index contributed by atoms with van der Waals surface area (Å²) in [6.45, 7) is 10.2. The first-order valence-corrected chi connectivity index (χ1v) is 6.42. The van der Waals surface area contributed by atoms with Crippen LogP contribution in [0.3, 0.4) is 0 Å². The molecule has 0 amide bonds. The Hall–Kier alpha value is -1.09. The second kappa shape index (κ2) is 4.23. The number of ether oxygens (including phenoxy) is 1. The van der Waals surface area contributed by atoms with Crippen molar-refractivity contribution >= 4 is 5.69 Å². The van der Waals surface area contributed by atoms with E-state index in [2.05, 4.69) is 33.0 Å². The lowest BCUT2D eigenvalue weighted by molar-refractivity contribution is -0.0662. The van der Waals surface area contributed by atoms with Gasteiger partial charge >= 0.3 is 0 Å². The molecule has 18 heavy (non-hydrogen) atoms. The van der Waals surface area contributed by atoms with E-state index in [4.69, 9.17) is 4.74 Å². The molecule has 1 fully saturated rings. The van der Waals surface area contributed by atoms with Crippen LogP contribution < -0.4 is 5.32 Å². The van der Waals surface area contributed by atoms with E-state index in [1.165, 1.54) is 6.07 Å². The van der Waals surface area contributed by atoms with Crippen LogP contribution in [0.2, 0.25) is 0 Å². The minimum atomic E-state index is -0.216. The molecule has 1 saturated heterocycles. The number of benzene rings is 1. The Bertz CT molecular complexity index is 454. The molecule has 1 N–H and O–H groups in total. The molecule has 0 aromatic heterocycles. The van der Waals surface area contributed by atoms with E-state index in [9.17, 15) is 4.39 Å². The van der Waals surface area contributed by atoms with Crippen LogP contribution in [0.4, 0.5) is 10.1 Å². The van der Waals surface area contributed by atoms with Gasteiger partial charge in [-0.2, -0.15) is 0 Å². The van der Waals surface area contributed by atoms with Crippen LogP contribution >= 0.6 is 0 Å². The summed E-state index contributed by atoms with van der Waals surface area (Å²) in [5.74, 6) is -0.164. The highest BCUT2D eigenvalue weighted by atomic mass is 19.1. The molecule has 1 aliphatic rings. The third kappa shape index (κ3) is 2.66. The van der Waals surface area contributed by atoms with Crippen molar-refractivity contribution in [1.82, 2.24) is 0 Å². The van der Waals surface area contributed by atoms with Crippen molar-refractivity contribution in [2.45, 2.75) is 58.3 Å². The Morgan fingerprint density at radius 1 is 1.28 bits per heavy atom. The lowest BCUT2D eigenvalue weighted by Crippen LogP contribution is -2.38. The highest BCUT2D eigenvalue weighted by Crippen LogP contribution is 2.38. The van der Waals surface area contributed by atoms with Gasteiger partial charge in [0, 0.05) is 5.69 Å².